The number of benzene rings is 3. The Bertz CT molecular complexity index is 1220. The van der Waals surface area contributed by atoms with Crippen LogP contribution in [0.1, 0.15) is 15.9 Å². The summed E-state index contributed by atoms with van der Waals surface area (Å²) in [5.41, 5.74) is 4.63. The summed E-state index contributed by atoms with van der Waals surface area (Å²) in [7, 11) is 5.31. The fourth-order valence-corrected chi connectivity index (χ4v) is 3.62. The molecule has 0 spiro atoms. The standard InChI is InChI=1S/C26H27N3O4/c1-29(15-16-31-2)17-18-9-11-20(12-10-18)25(30)28-26-27-23-22(32-3)14-13-21(24(23)33-26)19-7-5-4-6-8-19/h4-14H,15-17H2,1-3H3,(H,27,28,30). The third-order valence-electron chi connectivity index (χ3n) is 5.38. The number of amides is 1. The Balaban J connectivity index is 1.53. The van der Waals surface area contributed by atoms with Gasteiger partial charge in [0, 0.05) is 31.3 Å². The van der Waals surface area contributed by atoms with Crippen LogP contribution in [-0.2, 0) is 11.3 Å². The molecule has 0 bridgehead atoms. The Kier molecular flexibility index (Phi) is 7.02. The second-order valence-electron chi connectivity index (χ2n) is 7.76. The fourth-order valence-electron chi connectivity index (χ4n) is 3.62. The molecule has 0 saturated heterocycles. The Morgan fingerprint density at radius 2 is 1.79 bits per heavy atom. The Labute approximate surface area is 192 Å². The number of aromatic nitrogens is 1. The monoisotopic (exact) mass is 445 g/mol. The zero-order valence-corrected chi connectivity index (χ0v) is 19.0. The van der Waals surface area contributed by atoms with E-state index in [-0.39, 0.29) is 11.9 Å². The normalized spacial score (nSPS) is 11.2. The number of carbonyl (C=O) groups is 1. The molecular weight excluding hydrogens is 418 g/mol. The molecule has 0 aliphatic heterocycles. The van der Waals surface area contributed by atoms with Gasteiger partial charge in [-0.05, 0) is 42.4 Å². The number of likely N-dealkylation sites (N-methyl/N-ethyl adjacent to an activating group) is 1. The van der Waals surface area contributed by atoms with E-state index in [2.05, 4.69) is 15.2 Å². The van der Waals surface area contributed by atoms with Gasteiger partial charge in [0.1, 0.15) is 5.75 Å². The van der Waals surface area contributed by atoms with E-state index < -0.39 is 0 Å². The van der Waals surface area contributed by atoms with E-state index in [1.807, 2.05) is 61.6 Å². The zero-order chi connectivity index (χ0) is 23.2. The molecular formula is C26H27N3O4. The minimum absolute atomic E-state index is 0.125. The van der Waals surface area contributed by atoms with E-state index in [0.717, 1.165) is 29.8 Å². The van der Waals surface area contributed by atoms with Gasteiger partial charge in [-0.3, -0.25) is 15.0 Å². The summed E-state index contributed by atoms with van der Waals surface area (Å²) in [4.78, 5) is 19.4. The van der Waals surface area contributed by atoms with Crippen molar-refractivity contribution in [2.24, 2.45) is 0 Å². The van der Waals surface area contributed by atoms with Crippen LogP contribution in [0.15, 0.2) is 71.1 Å². The van der Waals surface area contributed by atoms with Gasteiger partial charge in [-0.25, -0.2) is 0 Å². The van der Waals surface area contributed by atoms with Gasteiger partial charge in [-0.1, -0.05) is 42.5 Å². The van der Waals surface area contributed by atoms with Crippen LogP contribution in [0, 0.1) is 0 Å². The second kappa shape index (κ2) is 10.3. The number of ether oxygens (including phenoxy) is 2. The number of oxazole rings is 1. The summed E-state index contributed by atoms with van der Waals surface area (Å²) >= 11 is 0. The van der Waals surface area contributed by atoms with Gasteiger partial charge in [0.2, 0.25) is 0 Å². The maximum atomic E-state index is 12.8. The van der Waals surface area contributed by atoms with Gasteiger partial charge < -0.3 is 13.9 Å². The third-order valence-corrected chi connectivity index (χ3v) is 5.38. The van der Waals surface area contributed by atoms with E-state index in [1.54, 1.807) is 26.4 Å². The van der Waals surface area contributed by atoms with E-state index in [0.29, 0.717) is 29.0 Å². The molecule has 0 atom stereocenters. The van der Waals surface area contributed by atoms with Gasteiger partial charge >= 0.3 is 6.01 Å². The number of anilines is 1. The van der Waals surface area contributed by atoms with Crippen molar-refractivity contribution < 1.29 is 18.7 Å². The van der Waals surface area contributed by atoms with E-state index in [4.69, 9.17) is 13.9 Å². The summed E-state index contributed by atoms with van der Waals surface area (Å²) in [6.45, 7) is 2.29. The highest BCUT2D eigenvalue weighted by molar-refractivity contribution is 6.04. The van der Waals surface area contributed by atoms with Crippen molar-refractivity contribution in [1.82, 2.24) is 9.88 Å². The molecule has 0 aliphatic rings. The van der Waals surface area contributed by atoms with Crippen molar-refractivity contribution in [2.45, 2.75) is 6.54 Å². The number of nitrogens with one attached hydrogen (secondary N) is 1. The highest BCUT2D eigenvalue weighted by Crippen LogP contribution is 2.36. The van der Waals surface area contributed by atoms with Crippen molar-refractivity contribution in [3.05, 3.63) is 77.9 Å². The topological polar surface area (TPSA) is 76.8 Å². The lowest BCUT2D eigenvalue weighted by molar-refractivity contribution is 0.102. The molecule has 33 heavy (non-hydrogen) atoms. The molecule has 0 unspecified atom stereocenters. The Morgan fingerprint density at radius 1 is 1.03 bits per heavy atom. The van der Waals surface area contributed by atoms with Gasteiger partial charge in [-0.2, -0.15) is 4.98 Å². The summed E-state index contributed by atoms with van der Waals surface area (Å²) < 4.78 is 16.5. The molecule has 1 amide bonds. The minimum Gasteiger partial charge on any atom is -0.494 e. The molecule has 0 saturated carbocycles. The first-order chi connectivity index (χ1) is 16.1. The van der Waals surface area contributed by atoms with Crippen LogP contribution < -0.4 is 10.1 Å². The molecule has 170 valence electrons. The first kappa shape index (κ1) is 22.5. The number of hydrogen-bond acceptors (Lipinski definition) is 6. The number of rotatable bonds is 9. The van der Waals surface area contributed by atoms with Crippen LogP contribution in [0.3, 0.4) is 0 Å². The number of nitrogens with zero attached hydrogens (tertiary/aromatic N) is 2. The number of carbonyl (C=O) groups excluding carboxylic acids is 1. The number of methoxy groups -OCH3 is 2. The largest absolute Gasteiger partial charge is 0.494 e. The predicted octanol–water partition coefficient (Wildman–Crippen LogP) is 4.83. The molecule has 1 aromatic heterocycles. The molecule has 3 aromatic carbocycles. The summed E-state index contributed by atoms with van der Waals surface area (Å²) in [6, 6.07) is 21.3. The lowest BCUT2D eigenvalue weighted by Gasteiger charge is -2.16. The van der Waals surface area contributed by atoms with Crippen LogP contribution in [0.4, 0.5) is 6.01 Å². The van der Waals surface area contributed by atoms with Crippen LogP contribution >= 0.6 is 0 Å². The first-order valence-corrected chi connectivity index (χ1v) is 10.7. The van der Waals surface area contributed by atoms with Crippen LogP contribution in [-0.4, -0.2) is 50.2 Å². The number of fused-ring (bicyclic) bond motifs is 1. The van der Waals surface area contributed by atoms with Crippen molar-refractivity contribution >= 4 is 23.0 Å². The summed E-state index contributed by atoms with van der Waals surface area (Å²) in [5.74, 6) is 0.289. The van der Waals surface area contributed by atoms with Crippen molar-refractivity contribution in [1.29, 1.82) is 0 Å². The minimum atomic E-state index is -0.291. The highest BCUT2D eigenvalue weighted by atomic mass is 16.5. The molecule has 4 aromatic rings. The average Bonchev–Trinajstić information content (AvgIpc) is 3.26. The van der Waals surface area contributed by atoms with Gasteiger partial charge in [0.25, 0.3) is 5.91 Å². The molecule has 0 fully saturated rings. The molecule has 1 heterocycles. The Morgan fingerprint density at radius 3 is 2.48 bits per heavy atom. The van der Waals surface area contributed by atoms with Crippen LogP contribution in [0.25, 0.3) is 22.2 Å². The van der Waals surface area contributed by atoms with Crippen LogP contribution in [0.2, 0.25) is 0 Å². The second-order valence-corrected chi connectivity index (χ2v) is 7.76. The van der Waals surface area contributed by atoms with Crippen molar-refractivity contribution in [3.63, 3.8) is 0 Å². The van der Waals surface area contributed by atoms with E-state index >= 15 is 0 Å². The molecule has 0 radical (unpaired) electrons. The van der Waals surface area contributed by atoms with Crippen molar-refractivity contribution in [3.8, 4) is 16.9 Å². The van der Waals surface area contributed by atoms with Crippen LogP contribution in [0.5, 0.6) is 5.75 Å². The highest BCUT2D eigenvalue weighted by Gasteiger charge is 2.18. The smallest absolute Gasteiger partial charge is 0.302 e. The fraction of sp³-hybridized carbons (Fsp3) is 0.231. The molecule has 1 N–H and O–H groups in total. The van der Waals surface area contributed by atoms with E-state index in [1.165, 1.54) is 0 Å². The quantitative estimate of drug-likeness (QED) is 0.398. The third kappa shape index (κ3) is 5.22. The maximum absolute atomic E-state index is 12.8. The predicted molar refractivity (Wildman–Crippen MR) is 129 cm³/mol. The van der Waals surface area contributed by atoms with Gasteiger partial charge in [0.15, 0.2) is 11.1 Å². The Hall–Kier alpha value is -3.68. The van der Waals surface area contributed by atoms with Crippen molar-refractivity contribution in [2.75, 3.05) is 39.7 Å². The molecule has 4 rings (SSSR count). The number of hydrogen-bond donors (Lipinski definition) is 1. The van der Waals surface area contributed by atoms with Gasteiger partial charge in [0.05, 0.1) is 13.7 Å². The zero-order valence-electron chi connectivity index (χ0n) is 19.0. The summed E-state index contributed by atoms with van der Waals surface area (Å²) in [6.07, 6.45) is 0. The summed E-state index contributed by atoms with van der Waals surface area (Å²) in [5, 5.41) is 2.77. The van der Waals surface area contributed by atoms with E-state index in [9.17, 15) is 4.79 Å². The lowest BCUT2D eigenvalue weighted by Crippen LogP contribution is -2.22. The molecule has 7 heteroatoms. The molecule has 7 nitrogen and oxygen atoms in total. The van der Waals surface area contributed by atoms with Gasteiger partial charge in [-0.15, -0.1) is 0 Å². The molecule has 0 aliphatic carbocycles. The first-order valence-electron chi connectivity index (χ1n) is 10.7. The lowest BCUT2D eigenvalue weighted by atomic mass is 10.0. The maximum Gasteiger partial charge on any atom is 0.302 e. The SMILES string of the molecule is COCCN(C)Cc1ccc(C(=O)Nc2nc3c(OC)ccc(-c4ccccc4)c3o2)cc1. The average molecular weight is 446 g/mol.